The SMILES string of the molecule is C=CCC(=O)N(C)C(=O)C(C)[C]=O. The van der Waals surface area contributed by atoms with Gasteiger partial charge in [0.1, 0.15) is 5.92 Å². The summed E-state index contributed by atoms with van der Waals surface area (Å²) in [6.45, 7) is 4.77. The summed E-state index contributed by atoms with van der Waals surface area (Å²) in [4.78, 5) is 33.3. The molecule has 71 valence electrons. The molecule has 1 radical (unpaired) electrons. The minimum Gasteiger partial charge on any atom is -0.290 e. The lowest BCUT2D eigenvalue weighted by molar-refractivity contribution is -0.143. The Morgan fingerprint density at radius 1 is 1.62 bits per heavy atom. The molecule has 0 bridgehead atoms. The van der Waals surface area contributed by atoms with Crippen molar-refractivity contribution in [3.8, 4) is 0 Å². The third-order valence-corrected chi connectivity index (χ3v) is 1.57. The van der Waals surface area contributed by atoms with Crippen LogP contribution in [0.25, 0.3) is 0 Å². The molecule has 0 aromatic carbocycles. The highest BCUT2D eigenvalue weighted by atomic mass is 16.2. The average Bonchev–Trinajstić information content (AvgIpc) is 2.14. The maximum atomic E-state index is 11.2. The van der Waals surface area contributed by atoms with Crippen LogP contribution >= 0.6 is 0 Å². The molecular weight excluding hydrogens is 170 g/mol. The topological polar surface area (TPSA) is 54.5 Å². The molecule has 0 aliphatic carbocycles. The van der Waals surface area contributed by atoms with E-state index in [1.807, 2.05) is 0 Å². The Labute approximate surface area is 77.2 Å². The van der Waals surface area contributed by atoms with Crippen molar-refractivity contribution in [1.29, 1.82) is 0 Å². The summed E-state index contributed by atoms with van der Waals surface area (Å²) in [7, 11) is 1.34. The van der Waals surface area contributed by atoms with Crippen molar-refractivity contribution in [2.24, 2.45) is 5.92 Å². The number of rotatable bonds is 4. The van der Waals surface area contributed by atoms with Crippen LogP contribution in [0, 0.1) is 5.92 Å². The smallest absolute Gasteiger partial charge is 0.239 e. The summed E-state index contributed by atoms with van der Waals surface area (Å²) >= 11 is 0. The van der Waals surface area contributed by atoms with Gasteiger partial charge in [-0.1, -0.05) is 6.08 Å². The fraction of sp³-hybridized carbons (Fsp3) is 0.444. The molecule has 4 nitrogen and oxygen atoms in total. The number of hydrogen-bond donors (Lipinski definition) is 0. The van der Waals surface area contributed by atoms with Gasteiger partial charge in [-0.25, -0.2) is 0 Å². The molecule has 1 unspecified atom stereocenters. The van der Waals surface area contributed by atoms with Crippen LogP contribution in [0.1, 0.15) is 13.3 Å². The molecule has 0 saturated carbocycles. The standard InChI is InChI=1S/C9H12NO3/c1-4-5-8(12)10(3)9(13)7(2)6-11/h4,7H,1,5H2,2-3H3. The lowest BCUT2D eigenvalue weighted by Crippen LogP contribution is -2.36. The molecular formula is C9H12NO3. The van der Waals surface area contributed by atoms with Crippen LogP contribution < -0.4 is 0 Å². The van der Waals surface area contributed by atoms with Crippen LogP contribution in [0.15, 0.2) is 12.7 Å². The van der Waals surface area contributed by atoms with Gasteiger partial charge >= 0.3 is 0 Å². The van der Waals surface area contributed by atoms with E-state index in [0.29, 0.717) is 0 Å². The number of hydrogen-bond acceptors (Lipinski definition) is 3. The molecule has 0 spiro atoms. The van der Waals surface area contributed by atoms with Gasteiger partial charge in [0.05, 0.1) is 0 Å². The van der Waals surface area contributed by atoms with Crippen LogP contribution in [0.5, 0.6) is 0 Å². The first-order valence-electron chi connectivity index (χ1n) is 3.83. The van der Waals surface area contributed by atoms with Crippen molar-refractivity contribution in [3.63, 3.8) is 0 Å². The molecule has 1 atom stereocenters. The minimum atomic E-state index is -0.890. The molecule has 13 heavy (non-hydrogen) atoms. The first kappa shape index (κ1) is 11.6. The molecule has 0 saturated heterocycles. The van der Waals surface area contributed by atoms with E-state index in [4.69, 9.17) is 0 Å². The molecule has 0 aromatic rings. The van der Waals surface area contributed by atoms with Gasteiger partial charge in [0.2, 0.25) is 18.1 Å². The minimum absolute atomic E-state index is 0.0911. The largest absolute Gasteiger partial charge is 0.290 e. The second-order valence-corrected chi connectivity index (χ2v) is 2.62. The number of carbonyl (C=O) groups is 2. The molecule has 0 aromatic heterocycles. The lowest BCUT2D eigenvalue weighted by Gasteiger charge is -2.15. The summed E-state index contributed by atoms with van der Waals surface area (Å²) in [6.07, 6.45) is 3.02. The Morgan fingerprint density at radius 2 is 2.15 bits per heavy atom. The molecule has 0 N–H and O–H groups in total. The normalized spacial score (nSPS) is 11.5. The Kier molecular flexibility index (Phi) is 4.66. The molecule has 0 aliphatic heterocycles. The average molecular weight is 182 g/mol. The van der Waals surface area contributed by atoms with Crippen LogP contribution in [0.2, 0.25) is 0 Å². The number of imide groups is 1. The van der Waals surface area contributed by atoms with E-state index in [-0.39, 0.29) is 12.3 Å². The fourth-order valence-electron chi connectivity index (χ4n) is 0.724. The van der Waals surface area contributed by atoms with Crippen LogP contribution in [-0.2, 0) is 14.4 Å². The first-order valence-corrected chi connectivity index (χ1v) is 3.83. The summed E-state index contributed by atoms with van der Waals surface area (Å²) in [5.41, 5.74) is 0. The van der Waals surface area contributed by atoms with Crippen molar-refractivity contribution in [3.05, 3.63) is 12.7 Å². The van der Waals surface area contributed by atoms with Crippen molar-refractivity contribution >= 4 is 18.1 Å². The van der Waals surface area contributed by atoms with E-state index < -0.39 is 11.8 Å². The van der Waals surface area contributed by atoms with E-state index >= 15 is 0 Å². The van der Waals surface area contributed by atoms with Crippen molar-refractivity contribution in [1.82, 2.24) is 4.90 Å². The Morgan fingerprint density at radius 3 is 2.54 bits per heavy atom. The summed E-state index contributed by atoms with van der Waals surface area (Å²) in [5, 5.41) is 0. The van der Waals surface area contributed by atoms with E-state index in [1.54, 1.807) is 0 Å². The van der Waals surface area contributed by atoms with E-state index in [0.717, 1.165) is 4.90 Å². The predicted octanol–water partition coefficient (Wildman–Crippen LogP) is 0.293. The van der Waals surface area contributed by atoms with Crippen molar-refractivity contribution in [2.45, 2.75) is 13.3 Å². The Balaban J connectivity index is 4.32. The highest BCUT2D eigenvalue weighted by molar-refractivity contribution is 6.01. The van der Waals surface area contributed by atoms with Gasteiger partial charge in [0, 0.05) is 13.5 Å². The van der Waals surface area contributed by atoms with Gasteiger partial charge in [0.25, 0.3) is 0 Å². The van der Waals surface area contributed by atoms with Gasteiger partial charge < -0.3 is 0 Å². The number of amides is 2. The highest BCUT2D eigenvalue weighted by Gasteiger charge is 2.21. The van der Waals surface area contributed by atoms with Gasteiger partial charge in [-0.3, -0.25) is 19.3 Å². The van der Waals surface area contributed by atoms with Gasteiger partial charge in [0.15, 0.2) is 0 Å². The predicted molar refractivity (Wildman–Crippen MR) is 47.4 cm³/mol. The van der Waals surface area contributed by atoms with Crippen molar-refractivity contribution < 1.29 is 14.4 Å². The number of nitrogens with zero attached hydrogens (tertiary/aromatic N) is 1. The fourth-order valence-corrected chi connectivity index (χ4v) is 0.724. The molecule has 0 aliphatic rings. The van der Waals surface area contributed by atoms with E-state index in [9.17, 15) is 14.4 Å². The van der Waals surface area contributed by atoms with Gasteiger partial charge in [-0.2, -0.15) is 0 Å². The van der Waals surface area contributed by atoms with Gasteiger partial charge in [-0.05, 0) is 6.92 Å². The summed E-state index contributed by atoms with van der Waals surface area (Å²) in [6, 6.07) is 0. The maximum absolute atomic E-state index is 11.2. The van der Waals surface area contributed by atoms with Crippen LogP contribution in [0.3, 0.4) is 0 Å². The monoisotopic (exact) mass is 182 g/mol. The Hall–Kier alpha value is -1.45. The molecule has 2 amide bonds. The molecule has 4 heteroatoms. The zero-order valence-corrected chi connectivity index (χ0v) is 7.74. The number of carbonyl (C=O) groups excluding carboxylic acids is 3. The van der Waals surface area contributed by atoms with Gasteiger partial charge in [-0.15, -0.1) is 6.58 Å². The summed E-state index contributed by atoms with van der Waals surface area (Å²) < 4.78 is 0. The molecule has 0 rings (SSSR count). The quantitative estimate of drug-likeness (QED) is 0.464. The third-order valence-electron chi connectivity index (χ3n) is 1.57. The van der Waals surface area contributed by atoms with Crippen LogP contribution in [-0.4, -0.2) is 30.0 Å². The van der Waals surface area contributed by atoms with E-state index in [2.05, 4.69) is 6.58 Å². The second kappa shape index (κ2) is 5.24. The Bertz CT molecular complexity index is 235. The van der Waals surface area contributed by atoms with Crippen LogP contribution in [0.4, 0.5) is 0 Å². The molecule has 0 fully saturated rings. The lowest BCUT2D eigenvalue weighted by atomic mass is 10.2. The highest BCUT2D eigenvalue weighted by Crippen LogP contribution is 1.99. The zero-order chi connectivity index (χ0) is 10.4. The molecule has 0 heterocycles. The third kappa shape index (κ3) is 3.19. The first-order chi connectivity index (χ1) is 6.04. The zero-order valence-electron chi connectivity index (χ0n) is 7.74. The summed E-state index contributed by atoms with van der Waals surface area (Å²) in [5.74, 6) is -1.80. The van der Waals surface area contributed by atoms with Crippen molar-refractivity contribution in [2.75, 3.05) is 7.05 Å². The second-order valence-electron chi connectivity index (χ2n) is 2.62. The maximum Gasteiger partial charge on any atom is 0.239 e. The van der Waals surface area contributed by atoms with E-state index in [1.165, 1.54) is 26.3 Å².